The summed E-state index contributed by atoms with van der Waals surface area (Å²) in [5, 5.41) is 0. The van der Waals surface area contributed by atoms with Gasteiger partial charge in [0, 0.05) is 23.7 Å². The first-order valence-corrected chi connectivity index (χ1v) is 8.69. The number of benzene rings is 1. The molecule has 22 heavy (non-hydrogen) atoms. The maximum absolute atomic E-state index is 11.3. The minimum atomic E-state index is 0.0703. The van der Waals surface area contributed by atoms with Crippen molar-refractivity contribution in [2.24, 2.45) is 0 Å². The van der Waals surface area contributed by atoms with E-state index in [0.29, 0.717) is 0 Å². The van der Waals surface area contributed by atoms with E-state index >= 15 is 0 Å². The number of aryl methyl sites for hydroxylation is 2. The molecule has 0 atom stereocenters. The van der Waals surface area contributed by atoms with E-state index in [2.05, 4.69) is 46.3 Å². The second kappa shape index (κ2) is 7.07. The molecule has 1 aliphatic heterocycles. The fourth-order valence-electron chi connectivity index (χ4n) is 2.97. The van der Waals surface area contributed by atoms with Gasteiger partial charge < -0.3 is 4.98 Å². The van der Waals surface area contributed by atoms with Gasteiger partial charge in [-0.1, -0.05) is 47.7 Å². The quantitative estimate of drug-likeness (QED) is 0.917. The Hall–Kier alpha value is -1.65. The first-order chi connectivity index (χ1) is 10.7. The standard InChI is InChI=1S/C18H22N2OS/c1-14-17(22-18(21)19-14)8-5-11-20-12-9-16(10-13-20)15-6-3-2-4-7-15/h2-4,6-7,9H,5,8,10-13H2,1H3,(H,19,21). The van der Waals surface area contributed by atoms with Crippen molar-refractivity contribution in [1.82, 2.24) is 9.88 Å². The molecule has 3 rings (SSSR count). The van der Waals surface area contributed by atoms with E-state index < -0.39 is 0 Å². The molecule has 4 heteroatoms. The van der Waals surface area contributed by atoms with E-state index in [0.717, 1.165) is 44.6 Å². The van der Waals surface area contributed by atoms with Crippen LogP contribution in [0.25, 0.3) is 5.57 Å². The van der Waals surface area contributed by atoms with Crippen LogP contribution in [-0.2, 0) is 6.42 Å². The molecule has 2 aromatic rings. The number of hydrogen-bond donors (Lipinski definition) is 1. The molecule has 3 nitrogen and oxygen atoms in total. The third kappa shape index (κ3) is 3.76. The van der Waals surface area contributed by atoms with Crippen LogP contribution in [0.1, 0.15) is 29.0 Å². The summed E-state index contributed by atoms with van der Waals surface area (Å²) in [5.41, 5.74) is 3.87. The fraction of sp³-hybridized carbons (Fsp3) is 0.389. The molecule has 0 bridgehead atoms. The molecule has 1 aliphatic rings. The Bertz CT molecular complexity index is 699. The number of nitrogens with zero attached hydrogens (tertiary/aromatic N) is 1. The van der Waals surface area contributed by atoms with Crippen LogP contribution >= 0.6 is 11.3 Å². The van der Waals surface area contributed by atoms with Gasteiger partial charge in [-0.15, -0.1) is 0 Å². The Kier molecular flexibility index (Phi) is 4.90. The van der Waals surface area contributed by atoms with Crippen molar-refractivity contribution < 1.29 is 0 Å². The lowest BCUT2D eigenvalue weighted by Crippen LogP contribution is -2.29. The smallest absolute Gasteiger partial charge is 0.304 e. The summed E-state index contributed by atoms with van der Waals surface area (Å²) in [4.78, 5) is 17.9. The number of thiazole rings is 1. The van der Waals surface area contributed by atoms with Crippen molar-refractivity contribution in [3.8, 4) is 0 Å². The van der Waals surface area contributed by atoms with Crippen LogP contribution in [-0.4, -0.2) is 29.5 Å². The second-order valence-electron chi connectivity index (χ2n) is 5.81. The van der Waals surface area contributed by atoms with E-state index in [1.165, 1.54) is 27.4 Å². The monoisotopic (exact) mass is 314 g/mol. The Morgan fingerprint density at radius 3 is 2.73 bits per heavy atom. The van der Waals surface area contributed by atoms with Gasteiger partial charge in [0.1, 0.15) is 0 Å². The summed E-state index contributed by atoms with van der Waals surface area (Å²) < 4.78 is 0. The van der Waals surface area contributed by atoms with Crippen molar-refractivity contribution in [3.63, 3.8) is 0 Å². The van der Waals surface area contributed by atoms with Gasteiger partial charge in [-0.3, -0.25) is 9.69 Å². The lowest BCUT2D eigenvalue weighted by Gasteiger charge is -2.26. The molecule has 0 fully saturated rings. The number of rotatable bonds is 5. The van der Waals surface area contributed by atoms with Gasteiger partial charge >= 0.3 is 4.87 Å². The first-order valence-electron chi connectivity index (χ1n) is 7.88. The van der Waals surface area contributed by atoms with Gasteiger partial charge in [0.25, 0.3) is 0 Å². The third-order valence-corrected chi connectivity index (χ3v) is 5.28. The van der Waals surface area contributed by atoms with E-state index in [1.54, 1.807) is 0 Å². The molecule has 0 aliphatic carbocycles. The van der Waals surface area contributed by atoms with Gasteiger partial charge in [-0.25, -0.2) is 0 Å². The number of hydrogen-bond acceptors (Lipinski definition) is 3. The molecule has 1 aromatic carbocycles. The Balaban J connectivity index is 1.49. The van der Waals surface area contributed by atoms with Crippen LogP contribution < -0.4 is 4.87 Å². The van der Waals surface area contributed by atoms with Crippen molar-refractivity contribution in [2.75, 3.05) is 19.6 Å². The van der Waals surface area contributed by atoms with Crippen molar-refractivity contribution in [2.45, 2.75) is 26.2 Å². The highest BCUT2D eigenvalue weighted by Gasteiger charge is 2.13. The zero-order valence-corrected chi connectivity index (χ0v) is 13.8. The second-order valence-corrected chi connectivity index (χ2v) is 6.88. The topological polar surface area (TPSA) is 36.1 Å². The maximum atomic E-state index is 11.3. The van der Waals surface area contributed by atoms with Crippen LogP contribution in [0.15, 0.2) is 41.2 Å². The summed E-state index contributed by atoms with van der Waals surface area (Å²) in [5.74, 6) is 0. The van der Waals surface area contributed by atoms with Gasteiger partial charge in [0.05, 0.1) is 0 Å². The molecule has 1 N–H and O–H groups in total. The molecule has 0 saturated heterocycles. The number of H-pyrrole nitrogens is 1. The summed E-state index contributed by atoms with van der Waals surface area (Å²) in [7, 11) is 0. The van der Waals surface area contributed by atoms with E-state index in [1.807, 2.05) is 6.92 Å². The van der Waals surface area contributed by atoms with E-state index in [9.17, 15) is 4.79 Å². The Labute approximate surface area is 135 Å². The molecule has 2 heterocycles. The molecule has 0 unspecified atom stereocenters. The zero-order valence-electron chi connectivity index (χ0n) is 13.0. The summed E-state index contributed by atoms with van der Waals surface area (Å²) in [6, 6.07) is 10.7. The third-order valence-electron chi connectivity index (χ3n) is 4.24. The number of aromatic amines is 1. The van der Waals surface area contributed by atoms with Crippen LogP contribution in [0.3, 0.4) is 0 Å². The van der Waals surface area contributed by atoms with Gasteiger partial charge in [0.15, 0.2) is 0 Å². The van der Waals surface area contributed by atoms with Crippen LogP contribution in [0.2, 0.25) is 0 Å². The highest BCUT2D eigenvalue weighted by molar-refractivity contribution is 7.09. The molecule has 0 amide bonds. The number of aromatic nitrogens is 1. The lowest BCUT2D eigenvalue weighted by atomic mass is 9.99. The van der Waals surface area contributed by atoms with E-state index in [-0.39, 0.29) is 4.87 Å². The van der Waals surface area contributed by atoms with Crippen molar-refractivity contribution >= 4 is 16.9 Å². The minimum Gasteiger partial charge on any atom is -0.317 e. The van der Waals surface area contributed by atoms with Gasteiger partial charge in [0.2, 0.25) is 0 Å². The first kappa shape index (κ1) is 15.3. The molecule has 116 valence electrons. The largest absolute Gasteiger partial charge is 0.317 e. The molecular weight excluding hydrogens is 292 g/mol. The maximum Gasteiger partial charge on any atom is 0.304 e. The molecule has 0 radical (unpaired) electrons. The SMILES string of the molecule is Cc1[nH]c(=O)sc1CCCN1CC=C(c2ccccc2)CC1. The van der Waals surface area contributed by atoms with Crippen molar-refractivity contribution in [1.29, 1.82) is 0 Å². The molecular formula is C18H22N2OS. The van der Waals surface area contributed by atoms with Crippen LogP contribution in [0.4, 0.5) is 0 Å². The zero-order chi connectivity index (χ0) is 15.4. The van der Waals surface area contributed by atoms with Crippen molar-refractivity contribution in [3.05, 3.63) is 62.2 Å². The van der Waals surface area contributed by atoms with Gasteiger partial charge in [-0.2, -0.15) is 0 Å². The summed E-state index contributed by atoms with van der Waals surface area (Å²) >= 11 is 1.36. The average molecular weight is 314 g/mol. The number of nitrogens with one attached hydrogen (secondary N) is 1. The Morgan fingerprint density at radius 2 is 2.09 bits per heavy atom. The fourth-order valence-corrected chi connectivity index (χ4v) is 3.85. The van der Waals surface area contributed by atoms with Crippen LogP contribution in [0.5, 0.6) is 0 Å². The Morgan fingerprint density at radius 1 is 1.27 bits per heavy atom. The normalized spacial score (nSPS) is 15.8. The van der Waals surface area contributed by atoms with Crippen LogP contribution in [0, 0.1) is 6.92 Å². The highest BCUT2D eigenvalue weighted by Crippen LogP contribution is 2.22. The summed E-state index contributed by atoms with van der Waals surface area (Å²) in [6.45, 7) is 5.25. The molecule has 0 saturated carbocycles. The van der Waals surface area contributed by atoms with Gasteiger partial charge in [-0.05, 0) is 43.9 Å². The minimum absolute atomic E-state index is 0.0703. The predicted octanol–water partition coefficient (Wildman–Crippen LogP) is 3.47. The highest BCUT2D eigenvalue weighted by atomic mass is 32.1. The van der Waals surface area contributed by atoms with E-state index in [4.69, 9.17) is 0 Å². The lowest BCUT2D eigenvalue weighted by molar-refractivity contribution is 0.298. The summed E-state index contributed by atoms with van der Waals surface area (Å²) in [6.07, 6.45) is 5.60. The predicted molar refractivity (Wildman–Crippen MR) is 93.5 cm³/mol. The molecule has 0 spiro atoms. The molecule has 1 aromatic heterocycles. The average Bonchev–Trinajstić information content (AvgIpc) is 2.87.